The van der Waals surface area contributed by atoms with Crippen LogP contribution in [0.25, 0.3) is 5.69 Å². The van der Waals surface area contributed by atoms with Crippen molar-refractivity contribution in [2.24, 2.45) is 12.2 Å². The fourth-order valence-corrected chi connectivity index (χ4v) is 2.88. The molecule has 0 saturated carbocycles. The van der Waals surface area contributed by atoms with Crippen LogP contribution in [0.1, 0.15) is 23.1 Å². The van der Waals surface area contributed by atoms with Gasteiger partial charge in [-0.15, -0.1) is 0 Å². The molecule has 140 valence electrons. The van der Waals surface area contributed by atoms with Gasteiger partial charge in [0, 0.05) is 17.6 Å². The van der Waals surface area contributed by atoms with Gasteiger partial charge in [0.1, 0.15) is 6.61 Å². The molecule has 0 amide bonds. The Kier molecular flexibility index (Phi) is 6.03. The van der Waals surface area contributed by atoms with Crippen LogP contribution < -0.4 is 5.69 Å². The SMILES string of the molecule is Cc1cccc(-n2nnn(C)c2=O)c1C=NOCCCc1ccccc1Cl. The molecule has 0 bridgehead atoms. The minimum Gasteiger partial charge on any atom is -0.396 e. The van der Waals surface area contributed by atoms with Gasteiger partial charge in [0.05, 0.1) is 11.9 Å². The number of tetrazole rings is 1. The zero-order chi connectivity index (χ0) is 19.2. The topological polar surface area (TPSA) is 74.3 Å². The average molecular weight is 386 g/mol. The number of aromatic nitrogens is 4. The molecule has 0 atom stereocenters. The molecule has 0 aliphatic carbocycles. The lowest BCUT2D eigenvalue weighted by molar-refractivity contribution is 0.143. The van der Waals surface area contributed by atoms with Gasteiger partial charge in [0.25, 0.3) is 0 Å². The normalized spacial score (nSPS) is 11.2. The van der Waals surface area contributed by atoms with Crippen molar-refractivity contribution < 1.29 is 4.84 Å². The van der Waals surface area contributed by atoms with E-state index < -0.39 is 0 Å². The lowest BCUT2D eigenvalue weighted by atomic mass is 10.1. The van der Waals surface area contributed by atoms with E-state index in [1.54, 1.807) is 19.3 Å². The Hall–Kier alpha value is -2.93. The Labute approximate surface area is 161 Å². The lowest BCUT2D eigenvalue weighted by Gasteiger charge is -2.07. The lowest BCUT2D eigenvalue weighted by Crippen LogP contribution is -2.23. The van der Waals surface area contributed by atoms with Crippen molar-refractivity contribution >= 4 is 17.8 Å². The van der Waals surface area contributed by atoms with E-state index in [4.69, 9.17) is 16.4 Å². The smallest absolute Gasteiger partial charge is 0.368 e. The van der Waals surface area contributed by atoms with Crippen LogP contribution in [-0.4, -0.2) is 32.6 Å². The van der Waals surface area contributed by atoms with Crippen LogP contribution in [0.4, 0.5) is 0 Å². The summed E-state index contributed by atoms with van der Waals surface area (Å²) in [6.07, 6.45) is 3.21. The van der Waals surface area contributed by atoms with Gasteiger partial charge in [-0.25, -0.2) is 4.79 Å². The number of hydrogen-bond donors (Lipinski definition) is 0. The first-order valence-electron chi connectivity index (χ1n) is 8.55. The van der Waals surface area contributed by atoms with Crippen LogP contribution in [0, 0.1) is 6.92 Å². The van der Waals surface area contributed by atoms with Crippen LogP contribution in [0.3, 0.4) is 0 Å². The minimum atomic E-state index is -0.323. The number of rotatable bonds is 7. The molecule has 1 heterocycles. The van der Waals surface area contributed by atoms with E-state index in [0.717, 1.165) is 34.6 Å². The Morgan fingerprint density at radius 2 is 2.00 bits per heavy atom. The van der Waals surface area contributed by atoms with Crippen LogP contribution in [-0.2, 0) is 18.3 Å². The number of aryl methyl sites for hydroxylation is 3. The molecule has 2 aromatic carbocycles. The Balaban J connectivity index is 1.64. The largest absolute Gasteiger partial charge is 0.396 e. The summed E-state index contributed by atoms with van der Waals surface area (Å²) in [7, 11) is 1.55. The van der Waals surface area contributed by atoms with E-state index in [2.05, 4.69) is 15.6 Å². The van der Waals surface area contributed by atoms with E-state index in [1.807, 2.05) is 43.3 Å². The second-order valence-electron chi connectivity index (χ2n) is 6.07. The standard InChI is InChI=1S/C19H20ClN5O2/c1-14-7-5-11-18(25-19(26)24(2)22-23-25)16(14)13-21-27-12-6-9-15-8-3-4-10-17(15)20/h3-5,7-8,10-11,13H,6,9,12H2,1-2H3. The zero-order valence-corrected chi connectivity index (χ0v) is 15.9. The van der Waals surface area contributed by atoms with Crippen LogP contribution in [0.2, 0.25) is 5.02 Å². The minimum absolute atomic E-state index is 0.323. The maximum Gasteiger partial charge on any atom is 0.368 e. The molecule has 0 fully saturated rings. The van der Waals surface area contributed by atoms with E-state index in [1.165, 1.54) is 9.36 Å². The fraction of sp³-hybridized carbons (Fsp3) is 0.263. The van der Waals surface area contributed by atoms with Gasteiger partial charge in [-0.3, -0.25) is 0 Å². The average Bonchev–Trinajstić information content (AvgIpc) is 2.99. The maximum absolute atomic E-state index is 12.1. The Bertz CT molecular complexity index is 1010. The van der Waals surface area contributed by atoms with E-state index in [9.17, 15) is 4.79 Å². The third kappa shape index (κ3) is 4.43. The van der Waals surface area contributed by atoms with Gasteiger partial charge in [0.2, 0.25) is 0 Å². The third-order valence-electron chi connectivity index (χ3n) is 4.15. The van der Waals surface area contributed by atoms with Crippen molar-refractivity contribution in [1.29, 1.82) is 0 Å². The van der Waals surface area contributed by atoms with E-state index >= 15 is 0 Å². The predicted octanol–water partition coefficient (Wildman–Crippen LogP) is 2.91. The highest BCUT2D eigenvalue weighted by Crippen LogP contribution is 2.17. The summed E-state index contributed by atoms with van der Waals surface area (Å²) in [5, 5.41) is 12.5. The van der Waals surface area contributed by atoms with Gasteiger partial charge in [0.15, 0.2) is 0 Å². The van der Waals surface area contributed by atoms with Crippen molar-refractivity contribution in [3.05, 3.63) is 74.7 Å². The molecule has 1 aromatic heterocycles. The highest BCUT2D eigenvalue weighted by Gasteiger charge is 2.11. The summed E-state index contributed by atoms with van der Waals surface area (Å²) >= 11 is 6.14. The molecule has 0 unspecified atom stereocenters. The summed E-state index contributed by atoms with van der Waals surface area (Å²) in [6, 6.07) is 13.3. The van der Waals surface area contributed by atoms with Gasteiger partial charge in [-0.05, 0) is 53.5 Å². The number of benzene rings is 2. The molecule has 0 aliphatic rings. The summed E-state index contributed by atoms with van der Waals surface area (Å²) in [6.45, 7) is 2.40. The number of halogens is 1. The second-order valence-corrected chi connectivity index (χ2v) is 6.47. The second kappa shape index (κ2) is 8.64. The first-order valence-corrected chi connectivity index (χ1v) is 8.93. The van der Waals surface area contributed by atoms with Gasteiger partial charge >= 0.3 is 5.69 Å². The van der Waals surface area contributed by atoms with E-state index in [-0.39, 0.29) is 5.69 Å². The van der Waals surface area contributed by atoms with Crippen molar-refractivity contribution in [3.63, 3.8) is 0 Å². The van der Waals surface area contributed by atoms with Crippen molar-refractivity contribution in [1.82, 2.24) is 19.8 Å². The number of hydrogen-bond acceptors (Lipinski definition) is 5. The number of nitrogens with zero attached hydrogens (tertiary/aromatic N) is 5. The highest BCUT2D eigenvalue weighted by atomic mass is 35.5. The molecular formula is C19H20ClN5O2. The van der Waals surface area contributed by atoms with Crippen LogP contribution >= 0.6 is 11.6 Å². The molecule has 0 saturated heterocycles. The zero-order valence-electron chi connectivity index (χ0n) is 15.2. The molecular weight excluding hydrogens is 366 g/mol. The van der Waals surface area contributed by atoms with Crippen molar-refractivity contribution in [2.75, 3.05) is 6.61 Å². The summed E-state index contributed by atoms with van der Waals surface area (Å²) in [5.41, 5.74) is 3.09. The molecule has 27 heavy (non-hydrogen) atoms. The Morgan fingerprint density at radius 3 is 2.74 bits per heavy atom. The molecule has 3 aromatic rings. The van der Waals surface area contributed by atoms with Crippen molar-refractivity contribution in [2.45, 2.75) is 19.8 Å². The number of oxime groups is 1. The molecule has 0 N–H and O–H groups in total. The Morgan fingerprint density at radius 1 is 1.19 bits per heavy atom. The van der Waals surface area contributed by atoms with Gasteiger partial charge < -0.3 is 4.84 Å². The third-order valence-corrected chi connectivity index (χ3v) is 4.52. The first kappa shape index (κ1) is 18.8. The summed E-state index contributed by atoms with van der Waals surface area (Å²) < 4.78 is 2.42. The fourth-order valence-electron chi connectivity index (χ4n) is 2.65. The summed E-state index contributed by atoms with van der Waals surface area (Å²) in [5.74, 6) is 0. The molecule has 0 aliphatic heterocycles. The van der Waals surface area contributed by atoms with Gasteiger partial charge in [-0.2, -0.15) is 9.36 Å². The highest BCUT2D eigenvalue weighted by molar-refractivity contribution is 6.31. The first-order chi connectivity index (χ1) is 13.1. The molecule has 8 heteroatoms. The van der Waals surface area contributed by atoms with Crippen molar-refractivity contribution in [3.8, 4) is 5.69 Å². The van der Waals surface area contributed by atoms with Crippen LogP contribution in [0.5, 0.6) is 0 Å². The van der Waals surface area contributed by atoms with E-state index in [0.29, 0.717) is 12.3 Å². The molecule has 7 nitrogen and oxygen atoms in total. The molecule has 3 rings (SSSR count). The predicted molar refractivity (Wildman–Crippen MR) is 105 cm³/mol. The molecule has 0 spiro atoms. The maximum atomic E-state index is 12.1. The summed E-state index contributed by atoms with van der Waals surface area (Å²) in [4.78, 5) is 17.5. The monoisotopic (exact) mass is 385 g/mol. The quantitative estimate of drug-likeness (QED) is 0.356. The van der Waals surface area contributed by atoms with Crippen LogP contribution in [0.15, 0.2) is 52.4 Å². The molecule has 0 radical (unpaired) electrons. The van der Waals surface area contributed by atoms with Gasteiger partial charge in [-0.1, -0.05) is 47.1 Å².